The highest BCUT2D eigenvalue weighted by molar-refractivity contribution is 7.14. The van der Waals surface area contributed by atoms with E-state index in [4.69, 9.17) is 0 Å². The van der Waals surface area contributed by atoms with E-state index in [-0.39, 0.29) is 30.8 Å². The zero-order valence-corrected chi connectivity index (χ0v) is 16.3. The smallest absolute Gasteiger partial charge is 0.323 e. The van der Waals surface area contributed by atoms with Gasteiger partial charge in [0.2, 0.25) is 5.91 Å². The van der Waals surface area contributed by atoms with Gasteiger partial charge in [-0.2, -0.15) is 0 Å². The molecular formula is C20H22N4O3S. The van der Waals surface area contributed by atoms with E-state index in [1.54, 1.807) is 0 Å². The van der Waals surface area contributed by atoms with E-state index >= 15 is 0 Å². The second-order valence-electron chi connectivity index (χ2n) is 7.23. The molecule has 8 heteroatoms. The Morgan fingerprint density at radius 1 is 1.18 bits per heavy atom. The van der Waals surface area contributed by atoms with Crippen LogP contribution in [0.2, 0.25) is 0 Å². The van der Waals surface area contributed by atoms with Gasteiger partial charge in [0.25, 0.3) is 5.91 Å². The number of hydrogen-bond acceptors (Lipinski definition) is 5. The van der Waals surface area contributed by atoms with Crippen LogP contribution in [0, 0.1) is 0 Å². The van der Waals surface area contributed by atoms with Crippen molar-refractivity contribution in [3.8, 4) is 11.3 Å². The zero-order valence-electron chi connectivity index (χ0n) is 15.4. The maximum absolute atomic E-state index is 12.7. The molecule has 7 nitrogen and oxygen atoms in total. The molecule has 1 aliphatic heterocycles. The van der Waals surface area contributed by atoms with Gasteiger partial charge >= 0.3 is 6.03 Å². The predicted octanol–water partition coefficient (Wildman–Crippen LogP) is 3.39. The molecule has 0 radical (unpaired) electrons. The quantitative estimate of drug-likeness (QED) is 0.755. The van der Waals surface area contributed by atoms with Gasteiger partial charge < -0.3 is 10.6 Å². The molecule has 0 bridgehead atoms. The van der Waals surface area contributed by atoms with Crippen molar-refractivity contribution >= 4 is 34.3 Å². The van der Waals surface area contributed by atoms with Crippen molar-refractivity contribution in [3.63, 3.8) is 0 Å². The summed E-state index contributed by atoms with van der Waals surface area (Å²) in [5, 5.41) is 8.00. The molecular weight excluding hydrogens is 376 g/mol. The Labute approximate surface area is 167 Å². The summed E-state index contributed by atoms with van der Waals surface area (Å²) < 4.78 is 0. The van der Waals surface area contributed by atoms with Gasteiger partial charge in [-0.3, -0.25) is 14.5 Å². The summed E-state index contributed by atoms with van der Waals surface area (Å²) in [6.45, 7) is 0.0785. The molecule has 2 fully saturated rings. The summed E-state index contributed by atoms with van der Waals surface area (Å²) in [5.41, 5.74) is 1.04. The first-order valence-corrected chi connectivity index (χ1v) is 10.4. The van der Waals surface area contributed by atoms with Crippen molar-refractivity contribution in [1.82, 2.24) is 15.2 Å². The van der Waals surface area contributed by atoms with Crippen LogP contribution in [-0.2, 0) is 9.59 Å². The van der Waals surface area contributed by atoms with Crippen molar-refractivity contribution in [1.29, 1.82) is 0 Å². The van der Waals surface area contributed by atoms with E-state index in [1.165, 1.54) is 16.2 Å². The van der Waals surface area contributed by atoms with Gasteiger partial charge in [-0.05, 0) is 12.8 Å². The number of urea groups is 1. The normalized spacial score (nSPS) is 18.4. The first-order valence-electron chi connectivity index (χ1n) is 9.52. The number of benzene rings is 1. The molecule has 1 aliphatic carbocycles. The lowest BCUT2D eigenvalue weighted by atomic mass is 9.82. The van der Waals surface area contributed by atoms with E-state index in [0.717, 1.165) is 30.5 Å². The highest BCUT2D eigenvalue weighted by Crippen LogP contribution is 2.33. The Hall–Kier alpha value is -2.74. The van der Waals surface area contributed by atoms with Crippen LogP contribution < -0.4 is 10.6 Å². The van der Waals surface area contributed by atoms with E-state index < -0.39 is 5.54 Å². The van der Waals surface area contributed by atoms with E-state index in [1.807, 2.05) is 35.7 Å². The number of thiazole rings is 1. The summed E-state index contributed by atoms with van der Waals surface area (Å²) in [7, 11) is 0. The lowest BCUT2D eigenvalue weighted by molar-refractivity contribution is -0.132. The Morgan fingerprint density at radius 2 is 1.93 bits per heavy atom. The predicted molar refractivity (Wildman–Crippen MR) is 107 cm³/mol. The van der Waals surface area contributed by atoms with Crippen LogP contribution in [-0.4, -0.2) is 39.8 Å². The third kappa shape index (κ3) is 3.64. The Kier molecular flexibility index (Phi) is 5.13. The van der Waals surface area contributed by atoms with Gasteiger partial charge in [0.1, 0.15) is 5.54 Å². The van der Waals surface area contributed by atoms with Gasteiger partial charge in [0.05, 0.1) is 5.69 Å². The largest absolute Gasteiger partial charge is 0.325 e. The molecule has 0 unspecified atom stereocenters. The van der Waals surface area contributed by atoms with Crippen molar-refractivity contribution in [2.24, 2.45) is 0 Å². The number of nitrogens with zero attached hydrogens (tertiary/aromatic N) is 2. The maximum Gasteiger partial charge on any atom is 0.325 e. The topological polar surface area (TPSA) is 91.4 Å². The molecule has 2 heterocycles. The van der Waals surface area contributed by atoms with Gasteiger partial charge in [-0.1, -0.05) is 49.6 Å². The highest BCUT2D eigenvalue weighted by atomic mass is 32.1. The molecule has 2 N–H and O–H groups in total. The molecule has 146 valence electrons. The summed E-state index contributed by atoms with van der Waals surface area (Å²) >= 11 is 1.35. The summed E-state index contributed by atoms with van der Waals surface area (Å²) in [6, 6.07) is 9.33. The van der Waals surface area contributed by atoms with Crippen LogP contribution in [0.15, 0.2) is 35.7 Å². The summed E-state index contributed by atoms with van der Waals surface area (Å²) in [5.74, 6) is -0.454. The fourth-order valence-corrected chi connectivity index (χ4v) is 4.58. The van der Waals surface area contributed by atoms with Crippen LogP contribution in [0.25, 0.3) is 11.3 Å². The number of amides is 4. The second kappa shape index (κ2) is 7.71. The van der Waals surface area contributed by atoms with E-state index in [0.29, 0.717) is 18.0 Å². The number of nitrogens with one attached hydrogen (secondary N) is 2. The fraction of sp³-hybridized carbons (Fsp3) is 0.400. The number of rotatable bonds is 5. The number of carbonyl (C=O) groups is 3. The number of hydrogen-bond donors (Lipinski definition) is 2. The van der Waals surface area contributed by atoms with Crippen molar-refractivity contribution in [3.05, 3.63) is 35.7 Å². The molecule has 4 amide bonds. The second-order valence-corrected chi connectivity index (χ2v) is 8.09. The van der Waals surface area contributed by atoms with Crippen LogP contribution in [0.5, 0.6) is 0 Å². The minimum Gasteiger partial charge on any atom is -0.323 e. The number of carbonyl (C=O) groups excluding carboxylic acids is 3. The van der Waals surface area contributed by atoms with Crippen molar-refractivity contribution in [2.45, 2.75) is 44.1 Å². The van der Waals surface area contributed by atoms with Crippen LogP contribution in [0.1, 0.15) is 38.5 Å². The molecule has 4 rings (SSSR count). The molecule has 28 heavy (non-hydrogen) atoms. The van der Waals surface area contributed by atoms with Crippen LogP contribution in [0.4, 0.5) is 9.93 Å². The third-order valence-corrected chi connectivity index (χ3v) is 6.09. The average Bonchev–Trinajstić information content (AvgIpc) is 3.25. The first-order chi connectivity index (χ1) is 13.6. The Balaban J connectivity index is 1.33. The molecule has 1 aromatic heterocycles. The van der Waals surface area contributed by atoms with E-state index in [2.05, 4.69) is 15.6 Å². The molecule has 1 saturated carbocycles. The Bertz CT molecular complexity index is 890. The molecule has 0 atom stereocenters. The van der Waals surface area contributed by atoms with E-state index in [9.17, 15) is 14.4 Å². The SMILES string of the molecule is O=C(CCN1C(=O)NC2(CCCCC2)C1=O)Nc1nc(-c2ccccc2)cs1. The maximum atomic E-state index is 12.7. The highest BCUT2D eigenvalue weighted by Gasteiger charge is 2.51. The van der Waals surface area contributed by atoms with Crippen molar-refractivity contribution < 1.29 is 14.4 Å². The number of anilines is 1. The summed E-state index contributed by atoms with van der Waals surface area (Å²) in [6.07, 6.45) is 4.38. The Morgan fingerprint density at radius 3 is 2.68 bits per heavy atom. The van der Waals surface area contributed by atoms with Crippen LogP contribution >= 0.6 is 11.3 Å². The molecule has 2 aliphatic rings. The molecule has 1 spiro atoms. The molecule has 1 aromatic carbocycles. The number of aromatic nitrogens is 1. The lowest BCUT2D eigenvalue weighted by Crippen LogP contribution is -2.48. The number of imide groups is 1. The van der Waals surface area contributed by atoms with Gasteiger partial charge in [-0.15, -0.1) is 11.3 Å². The van der Waals surface area contributed by atoms with Gasteiger partial charge in [0.15, 0.2) is 5.13 Å². The van der Waals surface area contributed by atoms with Crippen molar-refractivity contribution in [2.75, 3.05) is 11.9 Å². The zero-order chi connectivity index (χ0) is 19.6. The fourth-order valence-electron chi connectivity index (χ4n) is 3.84. The summed E-state index contributed by atoms with van der Waals surface area (Å²) in [4.78, 5) is 42.9. The molecule has 2 aromatic rings. The lowest BCUT2D eigenvalue weighted by Gasteiger charge is -2.30. The first kappa shape index (κ1) is 18.6. The van der Waals surface area contributed by atoms with Crippen LogP contribution in [0.3, 0.4) is 0 Å². The molecule has 1 saturated heterocycles. The third-order valence-electron chi connectivity index (χ3n) is 5.34. The minimum absolute atomic E-state index is 0.0511. The standard InChI is InChI=1S/C20H22N4O3S/c25-16(22-18-21-15(13-28-18)14-7-3-1-4-8-14)9-12-24-17(26)20(23-19(24)27)10-5-2-6-11-20/h1,3-4,7-8,13H,2,5-6,9-12H2,(H,23,27)(H,21,22,25). The monoisotopic (exact) mass is 398 g/mol. The average molecular weight is 398 g/mol. The van der Waals surface area contributed by atoms with Gasteiger partial charge in [0, 0.05) is 23.9 Å². The minimum atomic E-state index is -0.744. The van der Waals surface area contributed by atoms with Gasteiger partial charge in [-0.25, -0.2) is 9.78 Å².